The molecule has 0 spiro atoms. The zero-order chi connectivity index (χ0) is 13.7. The van der Waals surface area contributed by atoms with Crippen molar-refractivity contribution in [2.24, 2.45) is 5.92 Å². The van der Waals surface area contributed by atoms with E-state index in [2.05, 4.69) is 31.3 Å². The molecule has 1 aromatic rings. The molecule has 1 aromatic carbocycles. The van der Waals surface area contributed by atoms with Gasteiger partial charge in [0.15, 0.2) is 0 Å². The highest BCUT2D eigenvalue weighted by molar-refractivity contribution is 6.31. The fourth-order valence-electron chi connectivity index (χ4n) is 2.77. The summed E-state index contributed by atoms with van der Waals surface area (Å²) in [7, 11) is 0. The molecule has 0 saturated carbocycles. The predicted octanol–water partition coefficient (Wildman–Crippen LogP) is 3.68. The van der Waals surface area contributed by atoms with Crippen molar-refractivity contribution >= 4 is 11.6 Å². The Balaban J connectivity index is 2.03. The van der Waals surface area contributed by atoms with Gasteiger partial charge in [-0.3, -0.25) is 0 Å². The van der Waals surface area contributed by atoms with Crippen LogP contribution in [-0.2, 0) is 11.2 Å². The first-order valence-corrected chi connectivity index (χ1v) is 7.67. The van der Waals surface area contributed by atoms with E-state index in [1.165, 1.54) is 5.56 Å². The number of nitrogens with one attached hydrogen (secondary N) is 1. The minimum atomic E-state index is 0.391. The van der Waals surface area contributed by atoms with E-state index in [1.807, 2.05) is 12.1 Å². The van der Waals surface area contributed by atoms with Gasteiger partial charge in [0.05, 0.1) is 12.7 Å². The van der Waals surface area contributed by atoms with Crippen LogP contribution in [0.2, 0.25) is 5.02 Å². The lowest BCUT2D eigenvalue weighted by atomic mass is 9.91. The zero-order valence-electron chi connectivity index (χ0n) is 11.9. The van der Waals surface area contributed by atoms with Crippen LogP contribution in [-0.4, -0.2) is 25.3 Å². The summed E-state index contributed by atoms with van der Waals surface area (Å²) in [5.74, 6) is 0.595. The second-order valence-electron chi connectivity index (χ2n) is 5.50. The summed E-state index contributed by atoms with van der Waals surface area (Å²) in [4.78, 5) is 0. The molecule has 2 rings (SSSR count). The van der Waals surface area contributed by atoms with E-state index < -0.39 is 0 Å². The van der Waals surface area contributed by atoms with Crippen LogP contribution in [0.3, 0.4) is 0 Å². The topological polar surface area (TPSA) is 21.3 Å². The van der Waals surface area contributed by atoms with E-state index >= 15 is 0 Å². The maximum absolute atomic E-state index is 6.28. The lowest BCUT2D eigenvalue weighted by Gasteiger charge is -2.24. The second kappa shape index (κ2) is 7.28. The van der Waals surface area contributed by atoms with Gasteiger partial charge in [0.2, 0.25) is 0 Å². The Morgan fingerprint density at radius 1 is 1.42 bits per heavy atom. The SMILES string of the molecule is CCCNC(Cc1ccccc1Cl)C1COC(C)C1. The Morgan fingerprint density at radius 3 is 2.84 bits per heavy atom. The molecule has 3 unspecified atom stereocenters. The molecule has 0 radical (unpaired) electrons. The van der Waals surface area contributed by atoms with Crippen molar-refractivity contribution in [1.29, 1.82) is 0 Å². The summed E-state index contributed by atoms with van der Waals surface area (Å²) in [5, 5.41) is 4.54. The molecule has 1 aliphatic heterocycles. The Morgan fingerprint density at radius 2 is 2.21 bits per heavy atom. The minimum absolute atomic E-state index is 0.391. The van der Waals surface area contributed by atoms with Crippen LogP contribution in [0.1, 0.15) is 32.3 Å². The van der Waals surface area contributed by atoms with Crippen molar-refractivity contribution in [1.82, 2.24) is 5.32 Å². The van der Waals surface area contributed by atoms with Gasteiger partial charge in [-0.2, -0.15) is 0 Å². The first-order valence-electron chi connectivity index (χ1n) is 7.29. The van der Waals surface area contributed by atoms with Crippen LogP contribution in [0.4, 0.5) is 0 Å². The number of halogens is 1. The molecule has 3 heteroatoms. The lowest BCUT2D eigenvalue weighted by Crippen LogP contribution is -2.39. The Hall–Kier alpha value is -0.570. The molecule has 0 aliphatic carbocycles. The van der Waals surface area contributed by atoms with Gasteiger partial charge in [0, 0.05) is 17.0 Å². The van der Waals surface area contributed by atoms with E-state index in [4.69, 9.17) is 16.3 Å². The summed E-state index contributed by atoms with van der Waals surface area (Å²) in [6.45, 7) is 6.28. The highest BCUT2D eigenvalue weighted by Gasteiger charge is 2.29. The first-order chi connectivity index (χ1) is 9.20. The zero-order valence-corrected chi connectivity index (χ0v) is 12.6. The molecule has 0 aromatic heterocycles. The number of ether oxygens (including phenoxy) is 1. The summed E-state index contributed by atoms with van der Waals surface area (Å²) in [6.07, 6.45) is 3.68. The van der Waals surface area contributed by atoms with Gasteiger partial charge in [-0.05, 0) is 44.4 Å². The van der Waals surface area contributed by atoms with Crippen molar-refractivity contribution in [3.05, 3.63) is 34.9 Å². The van der Waals surface area contributed by atoms with Gasteiger partial charge < -0.3 is 10.1 Å². The first kappa shape index (κ1) is 14.8. The molecule has 3 atom stereocenters. The van der Waals surface area contributed by atoms with E-state index in [0.29, 0.717) is 18.1 Å². The number of benzene rings is 1. The number of hydrogen-bond donors (Lipinski definition) is 1. The normalized spacial score (nSPS) is 24.6. The monoisotopic (exact) mass is 281 g/mol. The van der Waals surface area contributed by atoms with Crippen LogP contribution < -0.4 is 5.32 Å². The average Bonchev–Trinajstić information content (AvgIpc) is 2.83. The van der Waals surface area contributed by atoms with Crippen molar-refractivity contribution < 1.29 is 4.74 Å². The third-order valence-electron chi connectivity index (χ3n) is 3.85. The van der Waals surface area contributed by atoms with E-state index in [9.17, 15) is 0 Å². The quantitative estimate of drug-likeness (QED) is 0.859. The fourth-order valence-corrected chi connectivity index (χ4v) is 2.98. The molecule has 0 bridgehead atoms. The molecule has 1 saturated heterocycles. The summed E-state index contributed by atoms with van der Waals surface area (Å²) < 4.78 is 5.72. The molecule has 1 N–H and O–H groups in total. The molecule has 1 heterocycles. The van der Waals surface area contributed by atoms with Crippen molar-refractivity contribution in [2.45, 2.75) is 45.3 Å². The maximum atomic E-state index is 6.28. The molecule has 106 valence electrons. The highest BCUT2D eigenvalue weighted by Crippen LogP contribution is 2.26. The van der Waals surface area contributed by atoms with Crippen LogP contribution in [0.15, 0.2) is 24.3 Å². The van der Waals surface area contributed by atoms with E-state index in [0.717, 1.165) is 37.4 Å². The largest absolute Gasteiger partial charge is 0.378 e. The van der Waals surface area contributed by atoms with Gasteiger partial charge in [0.1, 0.15) is 0 Å². The lowest BCUT2D eigenvalue weighted by molar-refractivity contribution is 0.117. The van der Waals surface area contributed by atoms with Crippen molar-refractivity contribution in [3.63, 3.8) is 0 Å². The van der Waals surface area contributed by atoms with E-state index in [-0.39, 0.29) is 0 Å². The van der Waals surface area contributed by atoms with Crippen LogP contribution in [0.5, 0.6) is 0 Å². The summed E-state index contributed by atoms with van der Waals surface area (Å²) in [5.41, 5.74) is 1.23. The number of hydrogen-bond acceptors (Lipinski definition) is 2. The third kappa shape index (κ3) is 4.20. The Kier molecular flexibility index (Phi) is 5.68. The van der Waals surface area contributed by atoms with Gasteiger partial charge in [0.25, 0.3) is 0 Å². The molecule has 19 heavy (non-hydrogen) atoms. The summed E-state index contributed by atoms with van der Waals surface area (Å²) in [6, 6.07) is 8.61. The number of rotatable bonds is 6. The van der Waals surface area contributed by atoms with Gasteiger partial charge in [-0.15, -0.1) is 0 Å². The molecule has 1 aliphatic rings. The van der Waals surface area contributed by atoms with Gasteiger partial charge in [-0.1, -0.05) is 36.7 Å². The Labute approximate surface area is 121 Å². The molecule has 2 nitrogen and oxygen atoms in total. The maximum Gasteiger partial charge on any atom is 0.0551 e. The third-order valence-corrected chi connectivity index (χ3v) is 4.22. The molecule has 0 amide bonds. The average molecular weight is 282 g/mol. The smallest absolute Gasteiger partial charge is 0.0551 e. The molecule has 1 fully saturated rings. The summed E-state index contributed by atoms with van der Waals surface area (Å²) >= 11 is 6.28. The standard InChI is InChI=1S/C16H24ClNO/c1-3-8-18-16(14-9-12(2)19-11-14)10-13-6-4-5-7-15(13)17/h4-7,12,14,16,18H,3,8-11H2,1-2H3. The van der Waals surface area contributed by atoms with Crippen LogP contribution in [0.25, 0.3) is 0 Å². The van der Waals surface area contributed by atoms with Gasteiger partial charge in [-0.25, -0.2) is 0 Å². The van der Waals surface area contributed by atoms with Crippen LogP contribution >= 0.6 is 11.6 Å². The molecular weight excluding hydrogens is 258 g/mol. The van der Waals surface area contributed by atoms with Crippen molar-refractivity contribution in [2.75, 3.05) is 13.2 Å². The molecular formula is C16H24ClNO. The highest BCUT2D eigenvalue weighted by atomic mass is 35.5. The van der Waals surface area contributed by atoms with Gasteiger partial charge >= 0.3 is 0 Å². The predicted molar refractivity (Wildman–Crippen MR) is 80.8 cm³/mol. The van der Waals surface area contributed by atoms with E-state index in [1.54, 1.807) is 0 Å². The fraction of sp³-hybridized carbons (Fsp3) is 0.625. The Bertz CT molecular complexity index is 396. The minimum Gasteiger partial charge on any atom is -0.378 e. The van der Waals surface area contributed by atoms with Crippen molar-refractivity contribution in [3.8, 4) is 0 Å². The second-order valence-corrected chi connectivity index (χ2v) is 5.90. The van der Waals surface area contributed by atoms with Crippen LogP contribution in [0, 0.1) is 5.92 Å².